The third-order valence-corrected chi connectivity index (χ3v) is 3.38. The van der Waals surface area contributed by atoms with Gasteiger partial charge < -0.3 is 10.2 Å². The maximum absolute atomic E-state index is 9.41. The molecule has 3 rings (SSSR count). The highest BCUT2D eigenvalue weighted by Gasteiger charge is 2.10. The Morgan fingerprint density at radius 1 is 0.762 bits per heavy atom. The molecule has 0 saturated heterocycles. The zero-order chi connectivity index (χ0) is 14.8. The van der Waals surface area contributed by atoms with Crippen molar-refractivity contribution in [3.8, 4) is 33.9 Å². The van der Waals surface area contributed by atoms with E-state index < -0.39 is 0 Å². The van der Waals surface area contributed by atoms with Gasteiger partial charge in [0.05, 0.1) is 10.7 Å². The van der Waals surface area contributed by atoms with Crippen molar-refractivity contribution in [1.29, 1.82) is 0 Å². The molecule has 0 amide bonds. The van der Waals surface area contributed by atoms with Gasteiger partial charge in [-0.3, -0.25) is 4.98 Å². The molecule has 0 bridgehead atoms. The number of hydrogen-bond acceptors (Lipinski definition) is 3. The minimum absolute atomic E-state index is 0.207. The second kappa shape index (κ2) is 5.46. The highest BCUT2D eigenvalue weighted by Crippen LogP contribution is 2.33. The topological polar surface area (TPSA) is 53.4 Å². The second-order valence-electron chi connectivity index (χ2n) is 4.64. The predicted molar refractivity (Wildman–Crippen MR) is 83.4 cm³/mol. The summed E-state index contributed by atoms with van der Waals surface area (Å²) in [6.45, 7) is 0. The summed E-state index contributed by atoms with van der Waals surface area (Å²) in [5.74, 6) is 0.416. The lowest BCUT2D eigenvalue weighted by molar-refractivity contribution is 0.475. The molecule has 0 fully saturated rings. The van der Waals surface area contributed by atoms with Crippen molar-refractivity contribution in [2.45, 2.75) is 0 Å². The SMILES string of the molecule is Oc1ccc(-c2cc(Cl)cnc2-c2ccc(O)cc2)cc1. The van der Waals surface area contributed by atoms with Gasteiger partial charge in [0, 0.05) is 17.3 Å². The zero-order valence-corrected chi connectivity index (χ0v) is 11.7. The average molecular weight is 298 g/mol. The van der Waals surface area contributed by atoms with E-state index in [2.05, 4.69) is 4.98 Å². The van der Waals surface area contributed by atoms with Crippen LogP contribution in [0.15, 0.2) is 60.8 Å². The maximum atomic E-state index is 9.41. The Morgan fingerprint density at radius 3 is 1.86 bits per heavy atom. The highest BCUT2D eigenvalue weighted by atomic mass is 35.5. The fraction of sp³-hybridized carbons (Fsp3) is 0. The van der Waals surface area contributed by atoms with Gasteiger partial charge in [0.25, 0.3) is 0 Å². The van der Waals surface area contributed by atoms with Crippen LogP contribution in [0.5, 0.6) is 11.5 Å². The number of benzene rings is 2. The lowest BCUT2D eigenvalue weighted by Gasteiger charge is -2.10. The number of hydrogen-bond donors (Lipinski definition) is 2. The molecule has 21 heavy (non-hydrogen) atoms. The van der Waals surface area contributed by atoms with Crippen molar-refractivity contribution in [1.82, 2.24) is 4.98 Å². The summed E-state index contributed by atoms with van der Waals surface area (Å²) < 4.78 is 0. The first-order chi connectivity index (χ1) is 10.1. The molecule has 3 aromatic rings. The quantitative estimate of drug-likeness (QED) is 0.733. The van der Waals surface area contributed by atoms with Crippen LogP contribution >= 0.6 is 11.6 Å². The molecule has 0 saturated carbocycles. The summed E-state index contributed by atoms with van der Waals surface area (Å²) >= 11 is 6.06. The molecular formula is C17H12ClNO2. The third kappa shape index (κ3) is 2.83. The standard InChI is InChI=1S/C17H12ClNO2/c18-13-9-16(11-1-5-14(20)6-2-11)17(19-10-13)12-3-7-15(21)8-4-12/h1-10,20-21H. The monoisotopic (exact) mass is 297 g/mol. The lowest BCUT2D eigenvalue weighted by Crippen LogP contribution is -1.89. The van der Waals surface area contributed by atoms with Crippen LogP contribution in [0.4, 0.5) is 0 Å². The first kappa shape index (κ1) is 13.5. The molecule has 0 spiro atoms. The lowest BCUT2D eigenvalue weighted by atomic mass is 9.99. The van der Waals surface area contributed by atoms with E-state index in [0.717, 1.165) is 22.4 Å². The highest BCUT2D eigenvalue weighted by molar-refractivity contribution is 6.30. The number of pyridine rings is 1. The van der Waals surface area contributed by atoms with Crippen LogP contribution in [0, 0.1) is 0 Å². The molecule has 2 N–H and O–H groups in total. The Hall–Kier alpha value is -2.52. The van der Waals surface area contributed by atoms with Crippen LogP contribution in [0.3, 0.4) is 0 Å². The van der Waals surface area contributed by atoms with Gasteiger partial charge in [-0.1, -0.05) is 23.7 Å². The van der Waals surface area contributed by atoms with E-state index >= 15 is 0 Å². The van der Waals surface area contributed by atoms with E-state index in [1.54, 1.807) is 42.6 Å². The van der Waals surface area contributed by atoms with E-state index in [9.17, 15) is 10.2 Å². The van der Waals surface area contributed by atoms with Crippen LogP contribution in [0.2, 0.25) is 5.02 Å². The molecule has 0 radical (unpaired) electrons. The van der Waals surface area contributed by atoms with Crippen molar-refractivity contribution < 1.29 is 10.2 Å². The molecule has 0 aliphatic heterocycles. The first-order valence-electron chi connectivity index (χ1n) is 6.38. The second-order valence-corrected chi connectivity index (χ2v) is 5.08. The molecule has 0 unspecified atom stereocenters. The molecule has 2 aromatic carbocycles. The number of halogens is 1. The Balaban J connectivity index is 2.17. The van der Waals surface area contributed by atoms with E-state index in [4.69, 9.17) is 11.6 Å². The molecule has 1 heterocycles. The van der Waals surface area contributed by atoms with E-state index in [1.807, 2.05) is 18.2 Å². The summed E-state index contributed by atoms with van der Waals surface area (Å²) in [5, 5.41) is 19.3. The number of aromatic hydroxyl groups is 2. The number of rotatable bonds is 2. The minimum atomic E-state index is 0.207. The van der Waals surface area contributed by atoms with Crippen molar-refractivity contribution in [3.05, 3.63) is 65.8 Å². The summed E-state index contributed by atoms with van der Waals surface area (Å²) in [5.41, 5.74) is 3.43. The molecule has 104 valence electrons. The maximum Gasteiger partial charge on any atom is 0.115 e. The number of phenols is 2. The summed E-state index contributed by atoms with van der Waals surface area (Å²) in [6, 6.07) is 15.5. The number of phenolic OH excluding ortho intramolecular Hbond substituents is 2. The summed E-state index contributed by atoms with van der Waals surface area (Å²) in [4.78, 5) is 4.40. The van der Waals surface area contributed by atoms with Gasteiger partial charge >= 0.3 is 0 Å². The zero-order valence-electron chi connectivity index (χ0n) is 11.0. The van der Waals surface area contributed by atoms with Crippen molar-refractivity contribution in [3.63, 3.8) is 0 Å². The van der Waals surface area contributed by atoms with Crippen LogP contribution in [-0.2, 0) is 0 Å². The van der Waals surface area contributed by atoms with Crippen molar-refractivity contribution in [2.24, 2.45) is 0 Å². The molecule has 0 aliphatic rings. The van der Waals surface area contributed by atoms with Crippen LogP contribution < -0.4 is 0 Å². The normalized spacial score (nSPS) is 10.5. The minimum Gasteiger partial charge on any atom is -0.508 e. The van der Waals surface area contributed by atoms with Crippen LogP contribution in [0.1, 0.15) is 0 Å². The molecular weight excluding hydrogens is 286 g/mol. The van der Waals surface area contributed by atoms with Gasteiger partial charge in [-0.05, 0) is 48.0 Å². The van der Waals surface area contributed by atoms with Gasteiger partial charge in [-0.2, -0.15) is 0 Å². The smallest absolute Gasteiger partial charge is 0.115 e. The average Bonchev–Trinajstić information content (AvgIpc) is 2.49. The molecule has 4 heteroatoms. The number of nitrogens with zero attached hydrogens (tertiary/aromatic N) is 1. The van der Waals surface area contributed by atoms with Crippen molar-refractivity contribution in [2.75, 3.05) is 0 Å². The first-order valence-corrected chi connectivity index (χ1v) is 6.75. The van der Waals surface area contributed by atoms with Crippen LogP contribution in [-0.4, -0.2) is 15.2 Å². The van der Waals surface area contributed by atoms with E-state index in [0.29, 0.717) is 5.02 Å². The summed E-state index contributed by atoms with van der Waals surface area (Å²) in [7, 11) is 0. The molecule has 0 aliphatic carbocycles. The third-order valence-electron chi connectivity index (χ3n) is 3.17. The number of aromatic nitrogens is 1. The molecule has 0 atom stereocenters. The Morgan fingerprint density at radius 2 is 1.29 bits per heavy atom. The van der Waals surface area contributed by atoms with E-state index in [-0.39, 0.29) is 11.5 Å². The van der Waals surface area contributed by atoms with E-state index in [1.165, 1.54) is 0 Å². The van der Waals surface area contributed by atoms with Crippen LogP contribution in [0.25, 0.3) is 22.4 Å². The molecule has 3 nitrogen and oxygen atoms in total. The molecule has 1 aromatic heterocycles. The van der Waals surface area contributed by atoms with Gasteiger partial charge in [0.15, 0.2) is 0 Å². The largest absolute Gasteiger partial charge is 0.508 e. The van der Waals surface area contributed by atoms with Gasteiger partial charge in [0.2, 0.25) is 0 Å². The Bertz CT molecular complexity index is 768. The Kier molecular flexibility index (Phi) is 3.50. The predicted octanol–water partition coefficient (Wildman–Crippen LogP) is 4.48. The summed E-state index contributed by atoms with van der Waals surface area (Å²) in [6.07, 6.45) is 1.59. The Labute approximate surface area is 127 Å². The fourth-order valence-electron chi connectivity index (χ4n) is 2.15. The van der Waals surface area contributed by atoms with Crippen molar-refractivity contribution >= 4 is 11.6 Å². The van der Waals surface area contributed by atoms with Gasteiger partial charge in [0.1, 0.15) is 11.5 Å². The fourth-order valence-corrected chi connectivity index (χ4v) is 2.31. The van der Waals surface area contributed by atoms with Gasteiger partial charge in [-0.15, -0.1) is 0 Å². The van der Waals surface area contributed by atoms with Gasteiger partial charge in [-0.25, -0.2) is 0 Å².